The molecular weight excluding hydrogens is 302 g/mol. The summed E-state index contributed by atoms with van der Waals surface area (Å²) in [7, 11) is 0. The Morgan fingerprint density at radius 3 is 2.50 bits per heavy atom. The molecule has 0 fully saturated rings. The van der Waals surface area contributed by atoms with E-state index in [9.17, 15) is 9.59 Å². The second-order valence-electron chi connectivity index (χ2n) is 6.78. The van der Waals surface area contributed by atoms with E-state index in [1.807, 2.05) is 12.1 Å². The van der Waals surface area contributed by atoms with E-state index in [2.05, 4.69) is 21.7 Å². The van der Waals surface area contributed by atoms with Crippen molar-refractivity contribution in [2.75, 3.05) is 6.54 Å². The van der Waals surface area contributed by atoms with Gasteiger partial charge in [0.2, 0.25) is 11.8 Å². The smallest absolute Gasteiger partial charge is 0.235 e. The molecule has 130 valence electrons. The summed E-state index contributed by atoms with van der Waals surface area (Å²) < 4.78 is 0. The average molecular weight is 329 g/mol. The normalized spacial score (nSPS) is 14.7. The van der Waals surface area contributed by atoms with Crippen LogP contribution in [0.3, 0.4) is 0 Å². The maximum absolute atomic E-state index is 12.4. The number of carbonyl (C=O) groups excluding carboxylic acids is 2. The number of hydrogen-bond acceptors (Lipinski definition) is 3. The minimum atomic E-state index is -1.09. The second-order valence-corrected chi connectivity index (χ2v) is 6.78. The van der Waals surface area contributed by atoms with Crippen LogP contribution in [0.4, 0.5) is 0 Å². The van der Waals surface area contributed by atoms with Crippen molar-refractivity contribution in [1.82, 2.24) is 15.6 Å². The third-order valence-corrected chi connectivity index (χ3v) is 4.45. The summed E-state index contributed by atoms with van der Waals surface area (Å²) >= 11 is 0. The number of amides is 2. The molecule has 5 heteroatoms. The van der Waals surface area contributed by atoms with Crippen LogP contribution < -0.4 is 10.6 Å². The van der Waals surface area contributed by atoms with E-state index in [0.717, 1.165) is 24.8 Å². The molecule has 0 aromatic carbocycles. The maximum Gasteiger partial charge on any atom is 0.235 e. The van der Waals surface area contributed by atoms with Crippen molar-refractivity contribution in [2.24, 2.45) is 5.41 Å². The first-order chi connectivity index (χ1) is 11.5. The highest BCUT2D eigenvalue weighted by Gasteiger charge is 2.35. The van der Waals surface area contributed by atoms with Gasteiger partial charge in [-0.2, -0.15) is 0 Å². The zero-order valence-corrected chi connectivity index (χ0v) is 14.6. The Balaban J connectivity index is 1.78. The molecule has 2 N–H and O–H groups in total. The number of hydrogen-bond donors (Lipinski definition) is 2. The lowest BCUT2D eigenvalue weighted by atomic mass is 9.90. The van der Waals surface area contributed by atoms with E-state index in [0.29, 0.717) is 13.1 Å². The van der Waals surface area contributed by atoms with E-state index in [4.69, 9.17) is 0 Å². The van der Waals surface area contributed by atoms with Crippen LogP contribution in [0.5, 0.6) is 0 Å². The zero-order chi connectivity index (χ0) is 17.4. The van der Waals surface area contributed by atoms with Crippen LogP contribution in [-0.4, -0.2) is 23.3 Å². The van der Waals surface area contributed by atoms with Gasteiger partial charge in [-0.1, -0.05) is 11.6 Å². The highest BCUT2D eigenvalue weighted by atomic mass is 16.2. The van der Waals surface area contributed by atoms with Crippen LogP contribution in [0.15, 0.2) is 36.2 Å². The van der Waals surface area contributed by atoms with Gasteiger partial charge in [-0.3, -0.25) is 14.6 Å². The Morgan fingerprint density at radius 2 is 1.83 bits per heavy atom. The van der Waals surface area contributed by atoms with Crippen LogP contribution in [0.2, 0.25) is 0 Å². The first kappa shape index (κ1) is 18.2. The Kier molecular flexibility index (Phi) is 6.53. The van der Waals surface area contributed by atoms with Gasteiger partial charge < -0.3 is 10.6 Å². The molecule has 0 radical (unpaired) electrons. The van der Waals surface area contributed by atoms with E-state index in [1.165, 1.54) is 18.4 Å². The SMILES string of the molecule is CC(C)(C(=O)NCCC1=CCCCC1)C(=O)NCc1ccncc1. The lowest BCUT2D eigenvalue weighted by molar-refractivity contribution is -0.141. The minimum absolute atomic E-state index is 0.230. The molecule has 1 aromatic heterocycles. The first-order valence-corrected chi connectivity index (χ1v) is 8.63. The summed E-state index contributed by atoms with van der Waals surface area (Å²) in [5.74, 6) is -0.500. The standard InChI is InChI=1S/C19H27N3O2/c1-19(2,18(24)22-14-16-8-11-20-12-9-16)17(23)21-13-10-15-6-4-3-5-7-15/h6,8-9,11-12H,3-5,7,10,13-14H2,1-2H3,(H,21,23)(H,22,24). The Morgan fingerprint density at radius 1 is 1.12 bits per heavy atom. The van der Waals surface area contributed by atoms with Gasteiger partial charge in [0.05, 0.1) is 0 Å². The van der Waals surface area contributed by atoms with Crippen LogP contribution in [0, 0.1) is 5.41 Å². The molecule has 1 aliphatic rings. The van der Waals surface area contributed by atoms with Gasteiger partial charge in [0.25, 0.3) is 0 Å². The van der Waals surface area contributed by atoms with E-state index >= 15 is 0 Å². The molecule has 0 spiro atoms. The molecule has 0 unspecified atom stereocenters. The summed E-state index contributed by atoms with van der Waals surface area (Å²) in [4.78, 5) is 28.6. The van der Waals surface area contributed by atoms with Crippen LogP contribution in [-0.2, 0) is 16.1 Å². The number of allylic oxidation sites excluding steroid dienone is 1. The number of nitrogens with zero attached hydrogens (tertiary/aromatic N) is 1. The quantitative estimate of drug-likeness (QED) is 0.597. The second kappa shape index (κ2) is 8.62. The van der Waals surface area contributed by atoms with Gasteiger partial charge in [0, 0.05) is 25.5 Å². The number of nitrogens with one attached hydrogen (secondary N) is 2. The third-order valence-electron chi connectivity index (χ3n) is 4.45. The summed E-state index contributed by atoms with van der Waals surface area (Å²) in [6, 6.07) is 3.68. The lowest BCUT2D eigenvalue weighted by Gasteiger charge is -2.23. The monoisotopic (exact) mass is 329 g/mol. The Hall–Kier alpha value is -2.17. The first-order valence-electron chi connectivity index (χ1n) is 8.63. The summed E-state index contributed by atoms with van der Waals surface area (Å²) in [5, 5.41) is 5.72. The molecular formula is C19H27N3O2. The Labute approximate surface area is 143 Å². The minimum Gasteiger partial charge on any atom is -0.355 e. The van der Waals surface area contributed by atoms with E-state index < -0.39 is 5.41 Å². The molecule has 0 aliphatic heterocycles. The van der Waals surface area contributed by atoms with Crippen LogP contribution >= 0.6 is 0 Å². The molecule has 0 atom stereocenters. The third kappa shape index (κ3) is 5.18. The van der Waals surface area contributed by atoms with Gasteiger partial charge in [0.15, 0.2) is 0 Å². The molecule has 0 saturated heterocycles. The van der Waals surface area contributed by atoms with Crippen molar-refractivity contribution in [3.05, 3.63) is 41.7 Å². The summed E-state index contributed by atoms with van der Waals surface area (Å²) in [5.41, 5.74) is 1.29. The van der Waals surface area contributed by atoms with Crippen molar-refractivity contribution in [1.29, 1.82) is 0 Å². The van der Waals surface area contributed by atoms with Gasteiger partial charge in [0.1, 0.15) is 5.41 Å². The number of pyridine rings is 1. The van der Waals surface area contributed by atoms with Crippen molar-refractivity contribution in [3.8, 4) is 0 Å². The van der Waals surface area contributed by atoms with Gasteiger partial charge in [-0.25, -0.2) is 0 Å². The van der Waals surface area contributed by atoms with Crippen LogP contribution in [0.1, 0.15) is 51.5 Å². The summed E-state index contributed by atoms with van der Waals surface area (Å²) in [6.07, 6.45) is 11.3. The topological polar surface area (TPSA) is 71.1 Å². The van der Waals surface area contributed by atoms with Crippen molar-refractivity contribution >= 4 is 11.8 Å². The lowest BCUT2D eigenvalue weighted by Crippen LogP contribution is -2.47. The van der Waals surface area contributed by atoms with E-state index in [1.54, 1.807) is 26.2 Å². The highest BCUT2D eigenvalue weighted by Crippen LogP contribution is 2.20. The maximum atomic E-state index is 12.4. The fourth-order valence-electron chi connectivity index (χ4n) is 2.70. The zero-order valence-electron chi connectivity index (χ0n) is 14.6. The molecule has 0 bridgehead atoms. The van der Waals surface area contributed by atoms with Crippen LogP contribution in [0.25, 0.3) is 0 Å². The molecule has 5 nitrogen and oxygen atoms in total. The Bertz CT molecular complexity index is 594. The molecule has 2 amide bonds. The molecule has 1 aliphatic carbocycles. The number of rotatable bonds is 7. The molecule has 24 heavy (non-hydrogen) atoms. The molecule has 1 aromatic rings. The van der Waals surface area contributed by atoms with Gasteiger partial charge in [-0.15, -0.1) is 0 Å². The van der Waals surface area contributed by atoms with Crippen molar-refractivity contribution < 1.29 is 9.59 Å². The van der Waals surface area contributed by atoms with Crippen molar-refractivity contribution in [2.45, 2.75) is 52.5 Å². The average Bonchev–Trinajstić information content (AvgIpc) is 2.61. The number of carbonyl (C=O) groups is 2. The predicted octanol–water partition coefficient (Wildman–Crippen LogP) is 2.73. The molecule has 1 heterocycles. The predicted molar refractivity (Wildman–Crippen MR) is 94.0 cm³/mol. The van der Waals surface area contributed by atoms with Crippen molar-refractivity contribution in [3.63, 3.8) is 0 Å². The number of aromatic nitrogens is 1. The fourth-order valence-corrected chi connectivity index (χ4v) is 2.70. The largest absolute Gasteiger partial charge is 0.355 e. The molecule has 2 rings (SSSR count). The van der Waals surface area contributed by atoms with Gasteiger partial charge >= 0.3 is 0 Å². The molecule has 0 saturated carbocycles. The highest BCUT2D eigenvalue weighted by molar-refractivity contribution is 6.04. The van der Waals surface area contributed by atoms with E-state index in [-0.39, 0.29) is 11.8 Å². The fraction of sp³-hybridized carbons (Fsp3) is 0.526. The summed E-state index contributed by atoms with van der Waals surface area (Å²) in [6.45, 7) is 4.30. The van der Waals surface area contributed by atoms with Gasteiger partial charge in [-0.05, 0) is 63.6 Å².